The van der Waals surface area contributed by atoms with Crippen LogP contribution < -0.4 is 5.19 Å². The molecular formula is C30H51Cl2N2O3PRuSi. The first-order valence-electron chi connectivity index (χ1n) is 15.1. The van der Waals surface area contributed by atoms with Gasteiger partial charge in [0.1, 0.15) is 0 Å². The van der Waals surface area contributed by atoms with Crippen LogP contribution in [0, 0.1) is 6.67 Å². The van der Waals surface area contributed by atoms with E-state index in [0.29, 0.717) is 6.54 Å². The molecule has 0 atom stereocenters. The molecular weight excluding hydrogens is 667 g/mol. The van der Waals surface area contributed by atoms with Crippen molar-refractivity contribution in [1.29, 1.82) is 0 Å². The Morgan fingerprint density at radius 1 is 0.800 bits per heavy atom. The molecule has 0 amide bonds. The van der Waals surface area contributed by atoms with Crippen molar-refractivity contribution in [3.05, 3.63) is 48.9 Å². The van der Waals surface area contributed by atoms with E-state index in [-0.39, 0.29) is 13.1 Å². The van der Waals surface area contributed by atoms with E-state index in [1.165, 1.54) is 17.0 Å². The van der Waals surface area contributed by atoms with Gasteiger partial charge in [-0.2, -0.15) is 6.67 Å². The van der Waals surface area contributed by atoms with Crippen LogP contribution in [0.4, 0.5) is 0 Å². The molecule has 5 nitrogen and oxygen atoms in total. The van der Waals surface area contributed by atoms with E-state index in [2.05, 4.69) is 5.11 Å². The van der Waals surface area contributed by atoms with Gasteiger partial charge in [0.25, 0.3) is 0 Å². The molecule has 230 valence electrons. The predicted octanol–water partition coefficient (Wildman–Crippen LogP) is 6.69. The molecule has 0 radical (unpaired) electrons. The van der Waals surface area contributed by atoms with E-state index in [1.807, 2.05) is 35.9 Å². The summed E-state index contributed by atoms with van der Waals surface area (Å²) in [5, 5.41) is 3.51. The second-order valence-electron chi connectivity index (χ2n) is 11.8. The quantitative estimate of drug-likeness (QED) is 0.174. The molecule has 4 aliphatic rings. The summed E-state index contributed by atoms with van der Waals surface area (Å²) in [6, 6.07) is 6.65. The molecule has 40 heavy (non-hydrogen) atoms. The first-order chi connectivity index (χ1) is 19.1. The van der Waals surface area contributed by atoms with E-state index < -0.39 is 22.3 Å². The predicted molar refractivity (Wildman–Crippen MR) is 173 cm³/mol. The average molecular weight is 719 g/mol. The van der Waals surface area contributed by atoms with Gasteiger partial charge in [0, 0.05) is 19.7 Å². The van der Waals surface area contributed by atoms with Crippen molar-refractivity contribution in [2.75, 3.05) is 7.05 Å². The molecule has 1 aromatic carbocycles. The minimum atomic E-state index is -4.16. The van der Waals surface area contributed by atoms with Gasteiger partial charge in [-0.3, -0.25) is 0 Å². The first-order valence-corrected chi connectivity index (χ1v) is 24.3. The van der Waals surface area contributed by atoms with Gasteiger partial charge in [0.15, 0.2) is 0 Å². The van der Waals surface area contributed by atoms with Crippen molar-refractivity contribution >= 4 is 46.4 Å². The van der Waals surface area contributed by atoms with Crippen LogP contribution in [0.25, 0.3) is 0 Å². The Kier molecular flexibility index (Phi) is 15.7. The standard InChI is InChI=1S/C18H33P.C11H15N2O3Si.CH2.2ClH.Ru/c1-4-10-16(11-5-1)19(17-12-6-2-7-13-17)18-14-8-3-9-15-18;1-12-6-7-13(9-12)8-10-2-4-11(5-3-10)17(14,15)16;;;;/h16-18H,1-15H2;2-7,9,14-16H,8H2,1H3;1H2;2*1H;/q;-1;;;;+2/p-1. The summed E-state index contributed by atoms with van der Waals surface area (Å²) in [5.74, 6) is 0. The first kappa shape index (κ1) is 34.6. The second kappa shape index (κ2) is 18.1. The average Bonchev–Trinajstić information content (AvgIpc) is 3.35. The number of halogens is 2. The third-order valence-electron chi connectivity index (χ3n) is 8.76. The Hall–Kier alpha value is 0.160. The third-order valence-corrected chi connectivity index (χ3v) is 14.4. The Balaban J connectivity index is 0.000000196. The molecule has 1 heterocycles. The summed E-state index contributed by atoms with van der Waals surface area (Å²) in [7, 11) is 7.89. The maximum absolute atomic E-state index is 9.11. The van der Waals surface area contributed by atoms with Crippen LogP contribution in [0.2, 0.25) is 0 Å². The molecule has 0 bridgehead atoms. The van der Waals surface area contributed by atoms with Crippen molar-refractivity contribution in [2.24, 2.45) is 0 Å². The van der Waals surface area contributed by atoms with E-state index in [0.717, 1.165) is 5.56 Å². The number of hydrogen-bond acceptors (Lipinski definition) is 5. The Labute approximate surface area is 258 Å². The van der Waals surface area contributed by atoms with Crippen molar-refractivity contribution in [2.45, 2.75) is 120 Å². The zero-order valence-corrected chi connectivity index (χ0v) is 29.4. The molecule has 0 unspecified atom stereocenters. The summed E-state index contributed by atoms with van der Waals surface area (Å²) in [6.45, 7) is 2.66. The molecule has 3 fully saturated rings. The van der Waals surface area contributed by atoms with Gasteiger partial charge >= 0.3 is 46.8 Å². The molecule has 3 saturated carbocycles. The molecule has 0 spiro atoms. The summed E-state index contributed by atoms with van der Waals surface area (Å²) in [6.07, 6.45) is 27.7. The van der Waals surface area contributed by atoms with Crippen LogP contribution in [0.1, 0.15) is 102 Å². The van der Waals surface area contributed by atoms with Crippen molar-refractivity contribution in [3.8, 4) is 0 Å². The normalized spacial score (nSPS) is 21.5. The van der Waals surface area contributed by atoms with Crippen molar-refractivity contribution in [3.63, 3.8) is 0 Å². The summed E-state index contributed by atoms with van der Waals surface area (Å²) in [4.78, 5) is 31.3. The molecule has 1 aliphatic heterocycles. The van der Waals surface area contributed by atoms with Crippen LogP contribution in [-0.2, 0) is 20.1 Å². The van der Waals surface area contributed by atoms with Crippen LogP contribution in [0.5, 0.6) is 0 Å². The van der Waals surface area contributed by atoms with Crippen LogP contribution >= 0.6 is 27.3 Å². The summed E-state index contributed by atoms with van der Waals surface area (Å²) < 4.78 is 0. The van der Waals surface area contributed by atoms with Gasteiger partial charge in [0.05, 0.1) is 17.0 Å². The molecule has 0 aromatic heterocycles. The SMILES string of the molecule is C1CCC([PH+](C2CCCCC2)C2CCCCC2)CC1.CN1C=CN(Cc2ccc([Si](O)(O)O)cc2)[CH-]1.[CH2]=[Ru]([Cl])[Cl]. The van der Waals surface area contributed by atoms with Gasteiger partial charge < -0.3 is 24.2 Å². The minimum absolute atomic E-state index is 0.0465. The third kappa shape index (κ3) is 12.4. The van der Waals surface area contributed by atoms with Crippen LogP contribution in [0.3, 0.4) is 0 Å². The zero-order valence-electron chi connectivity index (χ0n) is 24.1. The monoisotopic (exact) mass is 718 g/mol. The second-order valence-corrected chi connectivity index (χ2v) is 22.9. The van der Waals surface area contributed by atoms with E-state index >= 15 is 0 Å². The Morgan fingerprint density at radius 3 is 1.52 bits per heavy atom. The molecule has 3 N–H and O–H groups in total. The van der Waals surface area contributed by atoms with Crippen molar-refractivity contribution < 1.29 is 27.9 Å². The number of hydrogen-bond donors (Lipinski definition) is 3. The Bertz CT molecular complexity index is 856. The van der Waals surface area contributed by atoms with Gasteiger partial charge in [-0.15, -0.1) is 0 Å². The fourth-order valence-electron chi connectivity index (χ4n) is 6.95. The fraction of sp³-hybridized carbons (Fsp3) is 0.667. The zero-order chi connectivity index (χ0) is 29.0. The molecule has 0 saturated heterocycles. The van der Waals surface area contributed by atoms with Gasteiger partial charge in [0.2, 0.25) is 0 Å². The van der Waals surface area contributed by atoms with Crippen LogP contribution in [0.15, 0.2) is 36.7 Å². The van der Waals surface area contributed by atoms with Gasteiger partial charge in [-0.25, -0.2) is 0 Å². The van der Waals surface area contributed by atoms with Crippen molar-refractivity contribution in [1.82, 2.24) is 9.80 Å². The molecule has 1 aromatic rings. The van der Waals surface area contributed by atoms with Crippen LogP contribution in [-0.4, -0.2) is 62.1 Å². The molecule has 3 aliphatic carbocycles. The van der Waals surface area contributed by atoms with E-state index in [9.17, 15) is 0 Å². The number of nitrogens with zero attached hydrogens (tertiary/aromatic N) is 2. The molecule has 5 rings (SSSR count). The Morgan fingerprint density at radius 2 is 1.20 bits per heavy atom. The number of rotatable bonds is 6. The molecule has 10 heteroatoms. The number of benzene rings is 1. The van der Waals surface area contributed by atoms with Gasteiger partial charge in [-0.05, 0) is 102 Å². The summed E-state index contributed by atoms with van der Waals surface area (Å²) >= 11 is -1.48. The maximum atomic E-state index is 9.11. The van der Waals surface area contributed by atoms with E-state index in [4.69, 9.17) is 33.8 Å². The van der Waals surface area contributed by atoms with E-state index in [1.54, 1.807) is 121 Å². The fourth-order valence-corrected chi connectivity index (χ4v) is 12.8. The van der Waals surface area contributed by atoms with Gasteiger partial charge in [-0.1, -0.05) is 43.5 Å². The summed E-state index contributed by atoms with van der Waals surface area (Å²) in [5.41, 5.74) is 4.71. The topological polar surface area (TPSA) is 67.2 Å².